The maximum absolute atomic E-state index is 11.5. The highest BCUT2D eigenvalue weighted by molar-refractivity contribution is 6.30. The molecule has 5 heterocycles. The average molecular weight is 561 g/mol. The predicted octanol–water partition coefficient (Wildman–Crippen LogP) is 5.19. The second-order valence-corrected chi connectivity index (χ2v) is 10.9. The summed E-state index contributed by atoms with van der Waals surface area (Å²) in [6.45, 7) is 6.19. The SMILES string of the molecule is CC(=O)Nc1ccc2c(c1)nc(CN1CCC(c3cccc(OCc4ccc(Cl)cn4)n3)CC1)n2C[C@@H]1CCO1. The molecule has 2 fully saturated rings. The first-order chi connectivity index (χ1) is 19.5. The third-order valence-electron chi connectivity index (χ3n) is 7.60. The maximum Gasteiger partial charge on any atom is 0.221 e. The Morgan fingerprint density at radius 3 is 2.70 bits per heavy atom. The molecule has 1 amide bonds. The number of carbonyl (C=O) groups excluding carboxylic acids is 1. The monoisotopic (exact) mass is 560 g/mol. The van der Waals surface area contributed by atoms with Crippen molar-refractivity contribution in [2.45, 2.75) is 57.9 Å². The van der Waals surface area contributed by atoms with Crippen LogP contribution in [0.15, 0.2) is 54.7 Å². The number of halogens is 1. The van der Waals surface area contributed by atoms with Crippen molar-refractivity contribution in [1.29, 1.82) is 0 Å². The Morgan fingerprint density at radius 1 is 1.12 bits per heavy atom. The number of aromatic nitrogens is 4. The molecule has 1 atom stereocenters. The molecule has 3 aromatic heterocycles. The normalized spacial score (nSPS) is 18.0. The minimum atomic E-state index is -0.0881. The van der Waals surface area contributed by atoms with Crippen LogP contribution in [0.5, 0.6) is 5.88 Å². The third kappa shape index (κ3) is 6.27. The summed E-state index contributed by atoms with van der Waals surface area (Å²) in [7, 11) is 0. The minimum Gasteiger partial charge on any atom is -0.471 e. The zero-order valence-electron chi connectivity index (χ0n) is 22.6. The molecule has 0 unspecified atom stereocenters. The Balaban J connectivity index is 1.10. The number of pyridine rings is 2. The summed E-state index contributed by atoms with van der Waals surface area (Å²) in [5.41, 5.74) is 4.61. The summed E-state index contributed by atoms with van der Waals surface area (Å²) in [4.78, 5) is 28.1. The highest BCUT2D eigenvalue weighted by atomic mass is 35.5. The Hall–Kier alpha value is -3.53. The Morgan fingerprint density at radius 2 is 1.98 bits per heavy atom. The van der Waals surface area contributed by atoms with Crippen LogP contribution in [0.2, 0.25) is 5.02 Å². The van der Waals surface area contributed by atoms with E-state index < -0.39 is 0 Å². The van der Waals surface area contributed by atoms with Gasteiger partial charge in [0.2, 0.25) is 11.8 Å². The number of fused-ring (bicyclic) bond motifs is 1. The zero-order valence-corrected chi connectivity index (χ0v) is 23.3. The largest absolute Gasteiger partial charge is 0.471 e. The van der Waals surface area contributed by atoms with E-state index in [1.54, 1.807) is 6.20 Å². The molecule has 0 aliphatic carbocycles. The second-order valence-electron chi connectivity index (χ2n) is 10.5. The first-order valence-electron chi connectivity index (χ1n) is 13.8. The van der Waals surface area contributed by atoms with Crippen LogP contribution in [0.4, 0.5) is 5.69 Å². The van der Waals surface area contributed by atoms with Gasteiger partial charge in [0.1, 0.15) is 12.4 Å². The topological polar surface area (TPSA) is 94.4 Å². The van der Waals surface area contributed by atoms with Crippen LogP contribution < -0.4 is 10.1 Å². The van der Waals surface area contributed by atoms with Crippen LogP contribution in [0.3, 0.4) is 0 Å². The van der Waals surface area contributed by atoms with Crippen molar-refractivity contribution in [2.24, 2.45) is 0 Å². The van der Waals surface area contributed by atoms with Crippen LogP contribution in [-0.4, -0.2) is 56.1 Å². The van der Waals surface area contributed by atoms with Crippen LogP contribution in [-0.2, 0) is 29.2 Å². The van der Waals surface area contributed by atoms with E-state index >= 15 is 0 Å². The van der Waals surface area contributed by atoms with E-state index in [4.69, 9.17) is 31.0 Å². The van der Waals surface area contributed by atoms with Crippen LogP contribution in [0.1, 0.15) is 49.3 Å². The highest BCUT2D eigenvalue weighted by Gasteiger charge is 2.26. The molecule has 10 heteroatoms. The number of imidazole rings is 1. The van der Waals surface area contributed by atoms with Gasteiger partial charge >= 0.3 is 0 Å². The number of nitrogens with zero attached hydrogens (tertiary/aromatic N) is 5. The molecule has 6 rings (SSSR count). The molecule has 2 aliphatic rings. The number of rotatable bonds is 9. The fraction of sp³-hybridized carbons (Fsp3) is 0.400. The molecule has 0 saturated carbocycles. The van der Waals surface area contributed by atoms with E-state index in [9.17, 15) is 4.79 Å². The summed E-state index contributed by atoms with van der Waals surface area (Å²) in [6.07, 6.45) is 4.96. The number of piperidine rings is 1. The van der Waals surface area contributed by atoms with Crippen molar-refractivity contribution >= 4 is 34.2 Å². The number of amides is 1. The quantitative estimate of drug-likeness (QED) is 0.301. The number of hydrogen-bond acceptors (Lipinski definition) is 7. The van der Waals surface area contributed by atoms with Gasteiger partial charge in [-0.2, -0.15) is 0 Å². The van der Waals surface area contributed by atoms with Gasteiger partial charge in [0.05, 0.1) is 40.9 Å². The first kappa shape index (κ1) is 26.7. The summed E-state index contributed by atoms with van der Waals surface area (Å²) in [5, 5.41) is 3.47. The fourth-order valence-corrected chi connectivity index (χ4v) is 5.49. The lowest BCUT2D eigenvalue weighted by atomic mass is 9.93. The smallest absolute Gasteiger partial charge is 0.221 e. The number of nitrogens with one attached hydrogen (secondary N) is 1. The summed E-state index contributed by atoms with van der Waals surface area (Å²) in [6, 6.07) is 15.6. The van der Waals surface area contributed by atoms with Crippen molar-refractivity contribution in [1.82, 2.24) is 24.4 Å². The first-order valence-corrected chi connectivity index (χ1v) is 14.2. The molecular formula is C30H33ClN6O3. The van der Waals surface area contributed by atoms with Gasteiger partial charge in [-0.1, -0.05) is 17.7 Å². The van der Waals surface area contributed by atoms with Crippen molar-refractivity contribution in [3.63, 3.8) is 0 Å². The number of hydrogen-bond donors (Lipinski definition) is 1. The lowest BCUT2D eigenvalue weighted by molar-refractivity contribution is -0.114. The Kier molecular flexibility index (Phi) is 7.95. The summed E-state index contributed by atoms with van der Waals surface area (Å²) in [5.74, 6) is 1.95. The van der Waals surface area contributed by atoms with Crippen LogP contribution in [0, 0.1) is 0 Å². The fourth-order valence-electron chi connectivity index (χ4n) is 5.38. The number of anilines is 1. The lowest BCUT2D eigenvalue weighted by Gasteiger charge is -2.32. The maximum atomic E-state index is 11.5. The average Bonchev–Trinajstić information content (AvgIpc) is 3.26. The molecular weight excluding hydrogens is 528 g/mol. The van der Waals surface area contributed by atoms with Gasteiger partial charge < -0.3 is 19.4 Å². The van der Waals surface area contributed by atoms with Crippen LogP contribution >= 0.6 is 11.6 Å². The van der Waals surface area contributed by atoms with Gasteiger partial charge in [-0.25, -0.2) is 9.97 Å². The second kappa shape index (κ2) is 11.9. The molecule has 4 aromatic rings. The molecule has 208 valence electrons. The minimum absolute atomic E-state index is 0.0881. The van der Waals surface area contributed by atoms with E-state index in [1.165, 1.54) is 6.92 Å². The van der Waals surface area contributed by atoms with Crippen molar-refractivity contribution < 1.29 is 14.3 Å². The molecule has 0 radical (unpaired) electrons. The molecule has 2 aliphatic heterocycles. The van der Waals surface area contributed by atoms with E-state index in [0.29, 0.717) is 23.4 Å². The summed E-state index contributed by atoms with van der Waals surface area (Å²) >= 11 is 5.92. The van der Waals surface area contributed by atoms with E-state index in [-0.39, 0.29) is 12.0 Å². The molecule has 0 bridgehead atoms. The van der Waals surface area contributed by atoms with Gasteiger partial charge in [0.15, 0.2) is 0 Å². The van der Waals surface area contributed by atoms with Gasteiger partial charge in [0, 0.05) is 43.1 Å². The zero-order chi connectivity index (χ0) is 27.5. The standard InChI is InChI=1S/C30H33ClN6O3/c1-20(38)33-23-7-8-28-27(15-23)34-29(37(28)17-25-11-14-39-25)18-36-12-9-21(10-13-36)26-3-2-4-30(35-26)40-19-24-6-5-22(31)16-32-24/h2-8,15-16,21,25H,9-14,17-19H2,1H3,(H,33,38)/t25-/m0/s1. The summed E-state index contributed by atoms with van der Waals surface area (Å²) < 4.78 is 14.0. The van der Waals surface area contributed by atoms with Crippen molar-refractivity contribution in [3.05, 3.63) is 77.0 Å². The molecule has 1 N–H and O–H groups in total. The van der Waals surface area contributed by atoms with Crippen molar-refractivity contribution in [2.75, 3.05) is 25.0 Å². The van der Waals surface area contributed by atoms with Crippen molar-refractivity contribution in [3.8, 4) is 5.88 Å². The molecule has 9 nitrogen and oxygen atoms in total. The van der Waals surface area contributed by atoms with E-state index in [2.05, 4.69) is 25.8 Å². The van der Waals surface area contributed by atoms with Gasteiger partial charge in [-0.05, 0) is 68.8 Å². The number of carbonyl (C=O) groups is 1. The Labute approximate surface area is 238 Å². The van der Waals surface area contributed by atoms with Gasteiger partial charge in [0.25, 0.3) is 0 Å². The number of benzene rings is 1. The molecule has 1 aromatic carbocycles. The number of likely N-dealkylation sites (tertiary alicyclic amines) is 1. The molecule has 2 saturated heterocycles. The molecule has 0 spiro atoms. The van der Waals surface area contributed by atoms with Gasteiger partial charge in [-0.3, -0.25) is 14.7 Å². The third-order valence-corrected chi connectivity index (χ3v) is 7.82. The number of ether oxygens (including phenoxy) is 2. The van der Waals surface area contributed by atoms with E-state index in [0.717, 1.165) is 86.0 Å². The lowest BCUT2D eigenvalue weighted by Crippen LogP contribution is -2.35. The van der Waals surface area contributed by atoms with E-state index in [1.807, 2.05) is 42.5 Å². The molecule has 40 heavy (non-hydrogen) atoms. The highest BCUT2D eigenvalue weighted by Crippen LogP contribution is 2.30. The van der Waals surface area contributed by atoms with Gasteiger partial charge in [-0.15, -0.1) is 0 Å². The van der Waals surface area contributed by atoms with Crippen LogP contribution in [0.25, 0.3) is 11.0 Å². The Bertz CT molecular complexity index is 1480. The predicted molar refractivity (Wildman–Crippen MR) is 153 cm³/mol.